The van der Waals surface area contributed by atoms with Crippen molar-refractivity contribution in [3.05, 3.63) is 63.8 Å². The summed E-state index contributed by atoms with van der Waals surface area (Å²) in [7, 11) is 1.60. The zero-order valence-electron chi connectivity index (χ0n) is 21.1. The van der Waals surface area contributed by atoms with Crippen molar-refractivity contribution in [3.63, 3.8) is 0 Å². The lowest BCUT2D eigenvalue weighted by Gasteiger charge is -2.17. The molecule has 2 amide bonds. The van der Waals surface area contributed by atoms with Crippen molar-refractivity contribution in [3.8, 4) is 5.75 Å². The third-order valence-corrected chi connectivity index (χ3v) is 8.09. The zero-order valence-corrected chi connectivity index (χ0v) is 23.5. The highest BCUT2D eigenvalue weighted by Crippen LogP contribution is 2.21. The lowest BCUT2D eigenvalue weighted by molar-refractivity contribution is -0.116. The number of carbonyl (C=O) groups is 2. The molecular formula is C25H29N7O3S3. The standard InChI is InChI=1S/C25H29N7O3S3/c1-16-5-3-7-18(26-16)15-21(34)28-25-32-30-23(38-25)10-12-36-11-9-22-29-31-24(37-22)27-20(33)14-17-6-4-8-19(13-17)35-2/h3-8,13,16,26H,9-12,14-15H2,1-2H3,(H,27,31,33)(H,28,32,34). The maximum absolute atomic E-state index is 12.3. The lowest BCUT2D eigenvalue weighted by Crippen LogP contribution is -2.28. The topological polar surface area (TPSA) is 131 Å². The summed E-state index contributed by atoms with van der Waals surface area (Å²) in [6.45, 7) is 2.04. The molecule has 0 saturated carbocycles. The Labute approximate surface area is 233 Å². The van der Waals surface area contributed by atoms with E-state index in [1.54, 1.807) is 18.9 Å². The number of aryl methyl sites for hydroxylation is 2. The summed E-state index contributed by atoms with van der Waals surface area (Å²) in [6, 6.07) is 7.65. The summed E-state index contributed by atoms with van der Waals surface area (Å²) in [4.78, 5) is 24.6. The van der Waals surface area contributed by atoms with Gasteiger partial charge in [-0.2, -0.15) is 11.8 Å². The third kappa shape index (κ3) is 8.92. The first-order chi connectivity index (χ1) is 18.5. The van der Waals surface area contributed by atoms with Crippen LogP contribution in [0.3, 0.4) is 0 Å². The molecule has 1 atom stereocenters. The summed E-state index contributed by atoms with van der Waals surface area (Å²) >= 11 is 4.58. The maximum Gasteiger partial charge on any atom is 0.232 e. The molecular weight excluding hydrogens is 543 g/mol. The van der Waals surface area contributed by atoms with E-state index in [1.807, 2.05) is 49.4 Å². The van der Waals surface area contributed by atoms with Crippen molar-refractivity contribution in [2.24, 2.45) is 0 Å². The van der Waals surface area contributed by atoms with E-state index in [-0.39, 0.29) is 30.7 Å². The first-order valence-corrected chi connectivity index (χ1v) is 14.8. The summed E-state index contributed by atoms with van der Waals surface area (Å²) in [5, 5.41) is 28.2. The number of ether oxygens (including phenoxy) is 1. The summed E-state index contributed by atoms with van der Waals surface area (Å²) in [5.74, 6) is 2.22. The Morgan fingerprint density at radius 2 is 1.66 bits per heavy atom. The van der Waals surface area contributed by atoms with Crippen LogP contribution >= 0.6 is 34.4 Å². The molecule has 2 aromatic heterocycles. The van der Waals surface area contributed by atoms with Gasteiger partial charge in [0.1, 0.15) is 15.8 Å². The fourth-order valence-electron chi connectivity index (χ4n) is 3.54. The molecule has 0 fully saturated rings. The number of nitrogens with one attached hydrogen (secondary N) is 3. The second kappa shape index (κ2) is 14.0. The van der Waals surface area contributed by atoms with Gasteiger partial charge in [-0.1, -0.05) is 47.0 Å². The Hall–Kier alpha value is -3.29. The molecule has 38 heavy (non-hydrogen) atoms. The van der Waals surface area contributed by atoms with E-state index >= 15 is 0 Å². The molecule has 0 spiro atoms. The van der Waals surface area contributed by atoms with Gasteiger partial charge in [-0.3, -0.25) is 9.59 Å². The minimum absolute atomic E-state index is 0.115. The van der Waals surface area contributed by atoms with Crippen LogP contribution in [0.25, 0.3) is 0 Å². The van der Waals surface area contributed by atoms with E-state index in [0.29, 0.717) is 10.3 Å². The molecule has 10 nitrogen and oxygen atoms in total. The van der Waals surface area contributed by atoms with E-state index in [0.717, 1.165) is 51.4 Å². The van der Waals surface area contributed by atoms with Crippen LogP contribution in [0.4, 0.5) is 10.3 Å². The number of nitrogens with zero attached hydrogens (tertiary/aromatic N) is 4. The van der Waals surface area contributed by atoms with Crippen LogP contribution in [0, 0.1) is 0 Å². The molecule has 1 unspecified atom stereocenters. The normalized spacial score (nSPS) is 14.5. The molecule has 13 heteroatoms. The van der Waals surface area contributed by atoms with Crippen LogP contribution in [0.1, 0.15) is 28.9 Å². The quantitative estimate of drug-likeness (QED) is 0.262. The number of hydrogen-bond acceptors (Lipinski definition) is 11. The minimum Gasteiger partial charge on any atom is -0.497 e. The van der Waals surface area contributed by atoms with Crippen LogP contribution < -0.4 is 20.7 Å². The smallest absolute Gasteiger partial charge is 0.232 e. The van der Waals surface area contributed by atoms with Crippen LogP contribution in [0.15, 0.2) is 48.2 Å². The van der Waals surface area contributed by atoms with Gasteiger partial charge in [0.2, 0.25) is 22.1 Å². The highest BCUT2D eigenvalue weighted by atomic mass is 32.2. The molecule has 200 valence electrons. The van der Waals surface area contributed by atoms with Crippen molar-refractivity contribution in [2.75, 3.05) is 29.2 Å². The van der Waals surface area contributed by atoms with E-state index in [4.69, 9.17) is 4.74 Å². The van der Waals surface area contributed by atoms with Crippen LogP contribution in [-0.2, 0) is 28.9 Å². The average Bonchev–Trinajstić information content (AvgIpc) is 3.53. The Balaban J connectivity index is 1.11. The Morgan fingerprint density at radius 3 is 2.29 bits per heavy atom. The minimum atomic E-state index is -0.141. The number of hydrogen-bond donors (Lipinski definition) is 3. The number of carbonyl (C=O) groups excluding carboxylic acids is 2. The maximum atomic E-state index is 12.3. The molecule has 3 N–H and O–H groups in total. The molecule has 0 radical (unpaired) electrons. The lowest BCUT2D eigenvalue weighted by atomic mass is 10.1. The van der Waals surface area contributed by atoms with Crippen molar-refractivity contribution < 1.29 is 14.3 Å². The summed E-state index contributed by atoms with van der Waals surface area (Å²) in [5.41, 5.74) is 1.76. The molecule has 3 aromatic rings. The van der Waals surface area contributed by atoms with Crippen molar-refractivity contribution >= 4 is 56.5 Å². The monoisotopic (exact) mass is 571 g/mol. The predicted molar refractivity (Wildman–Crippen MR) is 153 cm³/mol. The van der Waals surface area contributed by atoms with E-state index in [9.17, 15) is 9.59 Å². The van der Waals surface area contributed by atoms with Crippen molar-refractivity contribution in [2.45, 2.75) is 38.6 Å². The van der Waals surface area contributed by atoms with Gasteiger partial charge in [-0.25, -0.2) is 0 Å². The molecule has 1 aromatic carbocycles. The number of allylic oxidation sites excluding steroid dienone is 2. The highest BCUT2D eigenvalue weighted by Gasteiger charge is 2.13. The summed E-state index contributed by atoms with van der Waals surface area (Å²) < 4.78 is 5.20. The number of methoxy groups -OCH3 is 1. The number of anilines is 2. The van der Waals surface area contributed by atoms with E-state index < -0.39 is 0 Å². The summed E-state index contributed by atoms with van der Waals surface area (Å²) in [6.07, 6.45) is 7.96. The molecule has 0 aliphatic carbocycles. The van der Waals surface area contributed by atoms with Crippen LogP contribution in [0.5, 0.6) is 5.75 Å². The predicted octanol–water partition coefficient (Wildman–Crippen LogP) is 3.86. The average molecular weight is 572 g/mol. The number of thioether (sulfide) groups is 1. The highest BCUT2D eigenvalue weighted by molar-refractivity contribution is 7.99. The number of aromatic nitrogens is 4. The molecule has 0 saturated heterocycles. The third-order valence-electron chi connectivity index (χ3n) is 5.31. The molecule has 4 rings (SSSR count). The number of rotatable bonds is 13. The zero-order chi connectivity index (χ0) is 26.7. The Morgan fingerprint density at radius 1 is 1.00 bits per heavy atom. The van der Waals surface area contributed by atoms with Gasteiger partial charge in [0.15, 0.2) is 0 Å². The largest absolute Gasteiger partial charge is 0.497 e. The van der Waals surface area contributed by atoms with Gasteiger partial charge >= 0.3 is 0 Å². The number of benzene rings is 1. The van der Waals surface area contributed by atoms with Gasteiger partial charge in [-0.15, -0.1) is 20.4 Å². The fraction of sp³-hybridized carbons (Fsp3) is 0.360. The molecule has 1 aliphatic heterocycles. The second-order valence-corrected chi connectivity index (χ2v) is 11.8. The van der Waals surface area contributed by atoms with Gasteiger partial charge in [0.05, 0.1) is 20.0 Å². The Kier molecular flexibility index (Phi) is 10.2. The first kappa shape index (κ1) is 27.7. The molecule has 3 heterocycles. The number of dihydropyridines is 1. The van der Waals surface area contributed by atoms with Crippen molar-refractivity contribution in [1.29, 1.82) is 0 Å². The first-order valence-electron chi connectivity index (χ1n) is 12.1. The Bertz CT molecular complexity index is 1300. The van der Waals surface area contributed by atoms with E-state index in [1.165, 1.54) is 22.7 Å². The molecule has 1 aliphatic rings. The van der Waals surface area contributed by atoms with Gasteiger partial charge in [0, 0.05) is 24.6 Å². The van der Waals surface area contributed by atoms with Crippen molar-refractivity contribution in [1.82, 2.24) is 25.7 Å². The second-order valence-electron chi connectivity index (χ2n) is 8.43. The van der Waals surface area contributed by atoms with Gasteiger partial charge in [0.25, 0.3) is 0 Å². The SMILES string of the molecule is COc1cccc(CC(=O)Nc2nnc(CCSCCc3nnc(NC(=O)CC4=CC=CC(C)N4)s3)s2)c1. The van der Waals surface area contributed by atoms with Gasteiger partial charge < -0.3 is 20.7 Å². The van der Waals surface area contributed by atoms with Crippen LogP contribution in [0.2, 0.25) is 0 Å². The molecule has 0 bridgehead atoms. The van der Waals surface area contributed by atoms with E-state index in [2.05, 4.69) is 36.3 Å². The van der Waals surface area contributed by atoms with Crippen LogP contribution in [-0.4, -0.2) is 56.9 Å². The number of amides is 2. The fourth-order valence-corrected chi connectivity index (χ4v) is 6.18. The van der Waals surface area contributed by atoms with Gasteiger partial charge in [-0.05, 0) is 42.2 Å².